The largest absolute Gasteiger partial charge is 0.379 e. The molecule has 0 unspecified atom stereocenters. The summed E-state index contributed by atoms with van der Waals surface area (Å²) in [7, 11) is 0. The van der Waals surface area contributed by atoms with E-state index in [2.05, 4.69) is 10.2 Å². The Hall–Kier alpha value is -2.16. The molecule has 2 amide bonds. The highest BCUT2D eigenvalue weighted by atomic mass is 35.5. The molecule has 2 heterocycles. The summed E-state index contributed by atoms with van der Waals surface area (Å²) in [5.74, 6) is 0.140. The molecule has 7 nitrogen and oxygen atoms in total. The molecular formula is C28H33Cl2N3O4. The summed E-state index contributed by atoms with van der Waals surface area (Å²) in [6.45, 7) is 5.08. The maximum absolute atomic E-state index is 13.8. The molecule has 37 heavy (non-hydrogen) atoms. The van der Waals surface area contributed by atoms with Crippen LogP contribution in [-0.2, 0) is 19.1 Å². The van der Waals surface area contributed by atoms with Gasteiger partial charge >= 0.3 is 0 Å². The van der Waals surface area contributed by atoms with Gasteiger partial charge in [-0.05, 0) is 54.2 Å². The molecule has 2 aliphatic heterocycles. The number of halogens is 2. The average Bonchev–Trinajstić information content (AvgIpc) is 3.72. The molecule has 198 valence electrons. The Bertz CT molecular complexity index is 1090. The van der Waals surface area contributed by atoms with Crippen molar-refractivity contribution in [1.82, 2.24) is 15.1 Å². The molecule has 3 fully saturated rings. The molecule has 2 saturated heterocycles. The normalized spacial score (nSPS) is 24.8. The molecule has 3 aliphatic rings. The number of amides is 2. The first-order chi connectivity index (χ1) is 18.0. The van der Waals surface area contributed by atoms with Crippen LogP contribution in [0.1, 0.15) is 42.5 Å². The van der Waals surface area contributed by atoms with E-state index in [9.17, 15) is 9.59 Å². The lowest BCUT2D eigenvalue weighted by atomic mass is 9.91. The van der Waals surface area contributed by atoms with Crippen molar-refractivity contribution < 1.29 is 19.1 Å². The van der Waals surface area contributed by atoms with E-state index < -0.39 is 12.2 Å². The Morgan fingerprint density at radius 1 is 1.00 bits per heavy atom. The molecule has 9 heteroatoms. The van der Waals surface area contributed by atoms with Crippen LogP contribution in [0.4, 0.5) is 0 Å². The van der Waals surface area contributed by atoms with Gasteiger partial charge in [0.25, 0.3) is 5.91 Å². The molecule has 1 aliphatic carbocycles. The number of nitrogens with one attached hydrogen (secondary N) is 1. The van der Waals surface area contributed by atoms with Gasteiger partial charge in [-0.25, -0.2) is 0 Å². The van der Waals surface area contributed by atoms with Gasteiger partial charge in [0.1, 0.15) is 12.2 Å². The maximum Gasteiger partial charge on any atom is 0.252 e. The van der Waals surface area contributed by atoms with Crippen molar-refractivity contribution in [2.45, 2.75) is 37.5 Å². The minimum Gasteiger partial charge on any atom is -0.379 e. The molecule has 0 spiro atoms. The zero-order chi connectivity index (χ0) is 25.8. The number of rotatable bonds is 9. The monoisotopic (exact) mass is 545 g/mol. The number of nitrogens with zero attached hydrogens (tertiary/aromatic N) is 2. The van der Waals surface area contributed by atoms with E-state index >= 15 is 0 Å². The number of morpholine rings is 2. The summed E-state index contributed by atoms with van der Waals surface area (Å²) in [6.07, 6.45) is 0.851. The van der Waals surface area contributed by atoms with Crippen LogP contribution < -0.4 is 5.32 Å². The van der Waals surface area contributed by atoms with Gasteiger partial charge < -0.3 is 19.7 Å². The number of benzene rings is 2. The maximum atomic E-state index is 13.8. The van der Waals surface area contributed by atoms with Crippen LogP contribution in [0.2, 0.25) is 10.0 Å². The summed E-state index contributed by atoms with van der Waals surface area (Å²) in [6, 6.07) is 14.7. The van der Waals surface area contributed by atoms with Crippen molar-refractivity contribution in [2.24, 2.45) is 5.92 Å². The second-order valence-corrected chi connectivity index (χ2v) is 10.9. The average molecular weight is 546 g/mol. The molecule has 0 radical (unpaired) electrons. The van der Waals surface area contributed by atoms with Gasteiger partial charge in [-0.1, -0.05) is 47.5 Å². The van der Waals surface area contributed by atoms with Crippen molar-refractivity contribution in [1.29, 1.82) is 0 Å². The quantitative estimate of drug-likeness (QED) is 0.510. The Kier molecular flexibility index (Phi) is 8.67. The third-order valence-electron chi connectivity index (χ3n) is 7.26. The molecule has 2 aromatic carbocycles. The highest BCUT2D eigenvalue weighted by molar-refractivity contribution is 6.30. The summed E-state index contributed by atoms with van der Waals surface area (Å²) < 4.78 is 11.8. The van der Waals surface area contributed by atoms with Gasteiger partial charge in [0, 0.05) is 42.8 Å². The second kappa shape index (κ2) is 12.1. The fourth-order valence-electron chi connectivity index (χ4n) is 5.09. The van der Waals surface area contributed by atoms with E-state index in [0.29, 0.717) is 29.1 Å². The summed E-state index contributed by atoms with van der Waals surface area (Å²) in [4.78, 5) is 30.8. The van der Waals surface area contributed by atoms with Gasteiger partial charge in [-0.3, -0.25) is 14.5 Å². The first kappa shape index (κ1) is 26.4. The lowest BCUT2D eigenvalue weighted by Crippen LogP contribution is -2.52. The highest BCUT2D eigenvalue weighted by Gasteiger charge is 2.46. The minimum atomic E-state index is -0.866. The predicted molar refractivity (Wildman–Crippen MR) is 143 cm³/mol. The van der Waals surface area contributed by atoms with Crippen molar-refractivity contribution in [3.8, 4) is 0 Å². The van der Waals surface area contributed by atoms with E-state index in [-0.39, 0.29) is 24.3 Å². The van der Waals surface area contributed by atoms with Crippen LogP contribution >= 0.6 is 23.2 Å². The van der Waals surface area contributed by atoms with Crippen LogP contribution in [-0.4, -0.2) is 73.7 Å². The zero-order valence-corrected chi connectivity index (χ0v) is 22.3. The van der Waals surface area contributed by atoms with Crippen LogP contribution in [0.3, 0.4) is 0 Å². The van der Waals surface area contributed by atoms with Crippen LogP contribution in [0.15, 0.2) is 48.5 Å². The van der Waals surface area contributed by atoms with Gasteiger partial charge in [-0.2, -0.15) is 0 Å². The van der Waals surface area contributed by atoms with Crippen LogP contribution in [0, 0.1) is 5.92 Å². The van der Waals surface area contributed by atoms with Crippen molar-refractivity contribution in [3.63, 3.8) is 0 Å². The smallest absolute Gasteiger partial charge is 0.252 e. The molecule has 1 N–H and O–H groups in total. The third kappa shape index (κ3) is 6.84. The molecule has 0 aromatic heterocycles. The van der Waals surface area contributed by atoms with Gasteiger partial charge in [0.15, 0.2) is 0 Å². The number of hydrogen-bond acceptors (Lipinski definition) is 5. The van der Waals surface area contributed by atoms with Crippen LogP contribution in [0.5, 0.6) is 0 Å². The molecular weight excluding hydrogens is 513 g/mol. The summed E-state index contributed by atoms with van der Waals surface area (Å²) >= 11 is 12.5. The molecule has 2 aromatic rings. The highest BCUT2D eigenvalue weighted by Crippen LogP contribution is 2.45. The second-order valence-electron chi connectivity index (χ2n) is 10.0. The predicted octanol–water partition coefficient (Wildman–Crippen LogP) is 4.25. The first-order valence-corrected chi connectivity index (χ1v) is 13.8. The number of hydrogen-bond donors (Lipinski definition) is 1. The van der Waals surface area contributed by atoms with E-state index in [1.165, 1.54) is 0 Å². The van der Waals surface area contributed by atoms with Crippen molar-refractivity contribution >= 4 is 35.0 Å². The van der Waals surface area contributed by atoms with Crippen molar-refractivity contribution in [3.05, 3.63) is 69.7 Å². The molecule has 1 saturated carbocycles. The van der Waals surface area contributed by atoms with E-state index in [1.807, 2.05) is 53.4 Å². The van der Waals surface area contributed by atoms with Crippen molar-refractivity contribution in [2.75, 3.05) is 45.9 Å². The first-order valence-electron chi connectivity index (χ1n) is 13.0. The van der Waals surface area contributed by atoms with Gasteiger partial charge in [0.05, 0.1) is 25.7 Å². The number of carbonyl (C=O) groups is 2. The minimum absolute atomic E-state index is 0.0203. The Morgan fingerprint density at radius 3 is 2.46 bits per heavy atom. The SMILES string of the molecule is O=C(C[C@H]1O[C@H](c2cccc(Cl)c2)[C@H](c2ccc(Cl)cc2)N(CC2CC2)C1=O)NCCN1CCOCC1. The molecule has 5 rings (SSSR count). The Balaban J connectivity index is 1.35. The number of carbonyl (C=O) groups excluding carboxylic acids is 2. The fraction of sp³-hybridized carbons (Fsp3) is 0.500. The molecule has 0 bridgehead atoms. The van der Waals surface area contributed by atoms with Crippen LogP contribution in [0.25, 0.3) is 0 Å². The Morgan fingerprint density at radius 2 is 1.76 bits per heavy atom. The van der Waals surface area contributed by atoms with E-state index in [4.69, 9.17) is 32.7 Å². The summed E-state index contributed by atoms with van der Waals surface area (Å²) in [5.41, 5.74) is 1.82. The van der Waals surface area contributed by atoms with Gasteiger partial charge in [-0.15, -0.1) is 0 Å². The lowest BCUT2D eigenvalue weighted by Gasteiger charge is -2.45. The summed E-state index contributed by atoms with van der Waals surface area (Å²) in [5, 5.41) is 4.20. The van der Waals surface area contributed by atoms with E-state index in [1.54, 1.807) is 0 Å². The van der Waals surface area contributed by atoms with E-state index in [0.717, 1.165) is 56.8 Å². The Labute approximate surface area is 228 Å². The third-order valence-corrected chi connectivity index (χ3v) is 7.74. The zero-order valence-electron chi connectivity index (χ0n) is 20.8. The fourth-order valence-corrected chi connectivity index (χ4v) is 5.42. The number of ether oxygens (including phenoxy) is 2. The topological polar surface area (TPSA) is 71.1 Å². The lowest BCUT2D eigenvalue weighted by molar-refractivity contribution is -0.177. The van der Waals surface area contributed by atoms with Gasteiger partial charge in [0.2, 0.25) is 5.91 Å². The standard InChI is InChI=1S/C28H33Cl2N3O4/c29-22-8-6-20(7-9-22)26-27(21-2-1-3-23(30)16-21)37-24(28(35)33(26)18-19-4-5-19)17-25(34)31-10-11-32-12-14-36-15-13-32/h1-3,6-9,16,19,24,26-27H,4-5,10-15,17-18H2,(H,31,34)/t24-,26+,27-/m1/s1. The molecule has 3 atom stereocenters.